The fourth-order valence-electron chi connectivity index (χ4n) is 3.90. The molecule has 1 aliphatic carbocycles. The summed E-state index contributed by atoms with van der Waals surface area (Å²) in [6, 6.07) is 11.6. The summed E-state index contributed by atoms with van der Waals surface area (Å²) in [5, 5.41) is 2.93. The molecule has 1 aromatic heterocycles. The van der Waals surface area contributed by atoms with Crippen molar-refractivity contribution in [1.29, 1.82) is 0 Å². The zero-order valence-electron chi connectivity index (χ0n) is 16.8. The van der Waals surface area contributed by atoms with Crippen LogP contribution in [0.2, 0.25) is 0 Å². The second-order valence-electron chi connectivity index (χ2n) is 8.12. The van der Waals surface area contributed by atoms with E-state index in [4.69, 9.17) is 10.5 Å². The van der Waals surface area contributed by atoms with Crippen LogP contribution < -0.4 is 11.1 Å². The number of nitrogens with one attached hydrogen (secondary N) is 2. The zero-order chi connectivity index (χ0) is 20.8. The van der Waals surface area contributed by atoms with Gasteiger partial charge in [-0.25, -0.2) is 9.37 Å². The molecule has 0 bridgehead atoms. The van der Waals surface area contributed by atoms with Gasteiger partial charge in [0.25, 0.3) is 0 Å². The number of halogens is 1. The van der Waals surface area contributed by atoms with Crippen LogP contribution in [0.25, 0.3) is 22.4 Å². The van der Waals surface area contributed by atoms with Gasteiger partial charge < -0.3 is 20.8 Å². The van der Waals surface area contributed by atoms with Crippen LogP contribution in [0.15, 0.2) is 42.5 Å². The van der Waals surface area contributed by atoms with Gasteiger partial charge in [-0.3, -0.25) is 4.79 Å². The highest BCUT2D eigenvalue weighted by atomic mass is 19.1. The smallest absolute Gasteiger partial charge is 0.245 e. The average Bonchev–Trinajstić information content (AvgIpc) is 3.11. The Bertz CT molecular complexity index is 1060. The Morgan fingerprint density at radius 2 is 2.03 bits per heavy atom. The van der Waals surface area contributed by atoms with Gasteiger partial charge in [-0.1, -0.05) is 13.8 Å². The lowest BCUT2D eigenvalue weighted by Crippen LogP contribution is -2.74. The fourth-order valence-corrected chi connectivity index (χ4v) is 3.90. The number of fused-ring (bicyclic) bond motifs is 1. The molecular weight excluding hydrogens is 371 g/mol. The zero-order valence-corrected chi connectivity index (χ0v) is 16.8. The molecule has 4 rings (SSSR count). The number of carbonyl (C=O) groups is 1. The van der Waals surface area contributed by atoms with Gasteiger partial charge in [0.15, 0.2) is 0 Å². The number of anilines is 1. The van der Waals surface area contributed by atoms with Crippen LogP contribution in [0.5, 0.6) is 0 Å². The van der Waals surface area contributed by atoms with E-state index in [1.807, 2.05) is 32.9 Å². The minimum atomic E-state index is -0.991. The third-order valence-electron chi connectivity index (χ3n) is 6.09. The van der Waals surface area contributed by atoms with E-state index in [9.17, 15) is 9.18 Å². The van der Waals surface area contributed by atoms with Gasteiger partial charge in [-0.2, -0.15) is 0 Å². The number of rotatable bonds is 5. The van der Waals surface area contributed by atoms with E-state index >= 15 is 0 Å². The molecule has 29 heavy (non-hydrogen) atoms. The van der Waals surface area contributed by atoms with Gasteiger partial charge in [-0.15, -0.1) is 0 Å². The maximum Gasteiger partial charge on any atom is 0.245 e. The van der Waals surface area contributed by atoms with Crippen LogP contribution in [0.3, 0.4) is 0 Å². The third kappa shape index (κ3) is 3.20. The van der Waals surface area contributed by atoms with E-state index in [0.29, 0.717) is 24.5 Å². The van der Waals surface area contributed by atoms with E-state index < -0.39 is 11.0 Å². The van der Waals surface area contributed by atoms with Crippen LogP contribution >= 0.6 is 0 Å². The largest absolute Gasteiger partial charge is 0.378 e. The van der Waals surface area contributed by atoms with Gasteiger partial charge in [0.05, 0.1) is 17.1 Å². The number of carbonyl (C=O) groups excluding carboxylic acids is 1. The number of aromatic nitrogens is 2. The summed E-state index contributed by atoms with van der Waals surface area (Å²) in [5.41, 5.74) is 7.95. The standard InChI is InChI=1S/C22H25FN4O2/c1-4-29-18-12-22(24,21(18,2)3)20(28)25-15-9-10-16-17(11-15)27-19(26-16)13-5-7-14(23)8-6-13/h5-11,18H,4,12,24H2,1-3H3,(H,25,28)(H,26,27). The first-order chi connectivity index (χ1) is 13.7. The van der Waals surface area contributed by atoms with Gasteiger partial charge in [0, 0.05) is 29.7 Å². The number of H-pyrrole nitrogens is 1. The second kappa shape index (κ2) is 6.93. The van der Waals surface area contributed by atoms with Crippen molar-refractivity contribution in [1.82, 2.24) is 9.97 Å². The van der Waals surface area contributed by atoms with Crippen molar-refractivity contribution in [2.75, 3.05) is 11.9 Å². The van der Waals surface area contributed by atoms with Crippen molar-refractivity contribution in [3.63, 3.8) is 0 Å². The maximum absolute atomic E-state index is 13.1. The van der Waals surface area contributed by atoms with Crippen molar-refractivity contribution >= 4 is 22.6 Å². The molecule has 4 N–H and O–H groups in total. The Balaban J connectivity index is 1.54. The van der Waals surface area contributed by atoms with E-state index in [1.54, 1.807) is 18.2 Å². The summed E-state index contributed by atoms with van der Waals surface area (Å²) < 4.78 is 18.8. The maximum atomic E-state index is 13.1. The molecule has 1 aliphatic rings. The molecule has 7 heteroatoms. The fraction of sp³-hybridized carbons (Fsp3) is 0.364. The molecule has 1 heterocycles. The monoisotopic (exact) mass is 396 g/mol. The SMILES string of the molecule is CCOC1CC(N)(C(=O)Nc2ccc3nc(-c4ccc(F)cc4)[nH]c3c2)C1(C)C. The Morgan fingerprint density at radius 3 is 2.69 bits per heavy atom. The van der Waals surface area contributed by atoms with E-state index in [-0.39, 0.29) is 17.8 Å². The molecular formula is C22H25FN4O2. The molecule has 0 aliphatic heterocycles. The number of ether oxygens (including phenoxy) is 1. The summed E-state index contributed by atoms with van der Waals surface area (Å²) in [4.78, 5) is 20.7. The van der Waals surface area contributed by atoms with Crippen LogP contribution in [0.4, 0.5) is 10.1 Å². The van der Waals surface area contributed by atoms with Crippen molar-refractivity contribution in [2.45, 2.75) is 38.8 Å². The Morgan fingerprint density at radius 1 is 1.31 bits per heavy atom. The number of nitrogens with zero attached hydrogens (tertiary/aromatic N) is 1. The summed E-state index contributed by atoms with van der Waals surface area (Å²) in [6.45, 7) is 6.46. The topological polar surface area (TPSA) is 93.0 Å². The normalized spacial score (nSPS) is 23.0. The number of hydrogen-bond acceptors (Lipinski definition) is 4. The Labute approximate surface area is 168 Å². The molecule has 2 atom stereocenters. The summed E-state index contributed by atoms with van der Waals surface area (Å²) in [7, 11) is 0. The molecule has 0 spiro atoms. The number of benzene rings is 2. The first-order valence-electron chi connectivity index (χ1n) is 9.72. The molecule has 3 aromatic rings. The molecule has 1 amide bonds. The minimum Gasteiger partial charge on any atom is -0.378 e. The van der Waals surface area contributed by atoms with Crippen molar-refractivity contribution in [3.8, 4) is 11.4 Å². The van der Waals surface area contributed by atoms with Gasteiger partial charge in [-0.05, 0) is 49.4 Å². The molecule has 1 fully saturated rings. The quantitative estimate of drug-likeness (QED) is 0.611. The Hall–Kier alpha value is -2.77. The molecule has 152 valence electrons. The second-order valence-corrected chi connectivity index (χ2v) is 8.12. The predicted octanol–water partition coefficient (Wildman–Crippen LogP) is 3.84. The molecule has 1 saturated carbocycles. The van der Waals surface area contributed by atoms with Crippen molar-refractivity contribution < 1.29 is 13.9 Å². The number of imidazole rings is 1. The minimum absolute atomic E-state index is 0.0309. The van der Waals surface area contributed by atoms with E-state index in [0.717, 1.165) is 16.6 Å². The van der Waals surface area contributed by atoms with Crippen molar-refractivity contribution in [2.24, 2.45) is 11.1 Å². The molecule has 0 radical (unpaired) electrons. The average molecular weight is 396 g/mol. The number of aromatic amines is 1. The number of hydrogen-bond donors (Lipinski definition) is 3. The van der Waals surface area contributed by atoms with Crippen LogP contribution in [-0.4, -0.2) is 34.1 Å². The highest BCUT2D eigenvalue weighted by molar-refractivity contribution is 6.01. The lowest BCUT2D eigenvalue weighted by atomic mass is 9.54. The van der Waals surface area contributed by atoms with Gasteiger partial charge >= 0.3 is 0 Å². The summed E-state index contributed by atoms with van der Waals surface area (Å²) >= 11 is 0. The lowest BCUT2D eigenvalue weighted by molar-refractivity contribution is -0.166. The van der Waals surface area contributed by atoms with Crippen LogP contribution in [0, 0.1) is 11.2 Å². The molecule has 6 nitrogen and oxygen atoms in total. The molecule has 2 aromatic carbocycles. The van der Waals surface area contributed by atoms with Crippen LogP contribution in [0.1, 0.15) is 27.2 Å². The van der Waals surface area contributed by atoms with Gasteiger partial charge in [0.2, 0.25) is 5.91 Å². The highest BCUT2D eigenvalue weighted by Crippen LogP contribution is 2.50. The summed E-state index contributed by atoms with van der Waals surface area (Å²) in [5.74, 6) is 0.116. The third-order valence-corrected chi connectivity index (χ3v) is 6.09. The van der Waals surface area contributed by atoms with E-state index in [1.165, 1.54) is 12.1 Å². The number of nitrogens with two attached hydrogens (primary N) is 1. The van der Waals surface area contributed by atoms with Gasteiger partial charge in [0.1, 0.15) is 17.2 Å². The van der Waals surface area contributed by atoms with Crippen molar-refractivity contribution in [3.05, 3.63) is 48.3 Å². The van der Waals surface area contributed by atoms with E-state index in [2.05, 4.69) is 15.3 Å². The predicted molar refractivity (Wildman–Crippen MR) is 111 cm³/mol. The first-order valence-corrected chi connectivity index (χ1v) is 9.72. The summed E-state index contributed by atoms with van der Waals surface area (Å²) in [6.07, 6.45) is 0.456. The van der Waals surface area contributed by atoms with Crippen LogP contribution in [-0.2, 0) is 9.53 Å². The number of amides is 1. The molecule has 0 saturated heterocycles. The Kier molecular flexibility index (Phi) is 4.67. The highest BCUT2D eigenvalue weighted by Gasteiger charge is 2.62. The lowest BCUT2D eigenvalue weighted by Gasteiger charge is -2.57. The molecule has 2 unspecified atom stereocenters. The first kappa shape index (κ1) is 19.5.